The molecule has 156 valence electrons. The normalized spacial score (nSPS) is 15.6. The number of carbonyl (C=O) groups excluding carboxylic acids is 3. The van der Waals surface area contributed by atoms with Crippen LogP contribution in [-0.2, 0) is 9.59 Å². The first-order valence-electron chi connectivity index (χ1n) is 8.71. The smallest absolute Gasteiger partial charge is 0.335 e. The van der Waals surface area contributed by atoms with Crippen molar-refractivity contribution in [2.75, 3.05) is 11.5 Å². The minimum Gasteiger partial charge on any atom is -0.491 e. The molecular formula is C20H14Br2Cl2N2O4. The zero-order valence-corrected chi connectivity index (χ0v) is 20.2. The van der Waals surface area contributed by atoms with E-state index in [2.05, 4.69) is 37.2 Å². The highest BCUT2D eigenvalue weighted by Crippen LogP contribution is 2.36. The standard InChI is InChI=1S/C20H14Br2Cl2N2O4/c1-2-5-30-17-13(21)7-10(8-14(17)22)6-12-18(27)25-20(29)26(19(12)28)11-3-4-15(23)16(24)9-11/h3-4,6-9H,2,5H2,1H3,(H,25,27,29)/b12-6+. The highest BCUT2D eigenvalue weighted by molar-refractivity contribution is 9.11. The van der Waals surface area contributed by atoms with Crippen molar-refractivity contribution in [3.63, 3.8) is 0 Å². The van der Waals surface area contributed by atoms with Gasteiger partial charge in [0.1, 0.15) is 11.3 Å². The zero-order chi connectivity index (χ0) is 22.0. The van der Waals surface area contributed by atoms with Gasteiger partial charge >= 0.3 is 6.03 Å². The molecule has 0 atom stereocenters. The fraction of sp³-hybridized carbons (Fsp3) is 0.150. The molecular weight excluding hydrogens is 563 g/mol. The maximum Gasteiger partial charge on any atom is 0.335 e. The summed E-state index contributed by atoms with van der Waals surface area (Å²) in [5.41, 5.74) is 0.539. The van der Waals surface area contributed by atoms with E-state index in [9.17, 15) is 14.4 Å². The number of anilines is 1. The molecule has 0 aromatic heterocycles. The number of nitrogens with one attached hydrogen (secondary N) is 1. The van der Waals surface area contributed by atoms with E-state index in [0.717, 1.165) is 11.3 Å². The highest BCUT2D eigenvalue weighted by atomic mass is 79.9. The lowest BCUT2D eigenvalue weighted by Gasteiger charge is -2.26. The van der Waals surface area contributed by atoms with Gasteiger partial charge in [0.15, 0.2) is 0 Å². The second kappa shape index (κ2) is 9.51. The molecule has 0 saturated carbocycles. The van der Waals surface area contributed by atoms with Crippen molar-refractivity contribution in [2.45, 2.75) is 13.3 Å². The van der Waals surface area contributed by atoms with Gasteiger partial charge in [0.05, 0.1) is 31.3 Å². The van der Waals surface area contributed by atoms with Crippen LogP contribution in [0.1, 0.15) is 18.9 Å². The van der Waals surface area contributed by atoms with Crippen molar-refractivity contribution in [1.82, 2.24) is 5.32 Å². The van der Waals surface area contributed by atoms with Gasteiger partial charge in [0.2, 0.25) is 0 Å². The van der Waals surface area contributed by atoms with E-state index in [1.54, 1.807) is 12.1 Å². The molecule has 30 heavy (non-hydrogen) atoms. The Bertz CT molecular complexity index is 1070. The third-order valence-electron chi connectivity index (χ3n) is 4.05. The monoisotopic (exact) mass is 574 g/mol. The minimum absolute atomic E-state index is 0.174. The van der Waals surface area contributed by atoms with E-state index in [0.29, 0.717) is 26.9 Å². The lowest BCUT2D eigenvalue weighted by Crippen LogP contribution is -2.54. The summed E-state index contributed by atoms with van der Waals surface area (Å²) >= 11 is 18.8. The van der Waals surface area contributed by atoms with Crippen molar-refractivity contribution in [1.29, 1.82) is 0 Å². The molecule has 1 fully saturated rings. The number of barbiturate groups is 1. The first-order chi connectivity index (χ1) is 14.2. The number of urea groups is 1. The largest absolute Gasteiger partial charge is 0.491 e. The topological polar surface area (TPSA) is 75.7 Å². The predicted octanol–water partition coefficient (Wildman–Crippen LogP) is 5.97. The second-order valence-electron chi connectivity index (χ2n) is 6.22. The fourth-order valence-electron chi connectivity index (χ4n) is 2.69. The summed E-state index contributed by atoms with van der Waals surface area (Å²) in [5, 5.41) is 2.61. The number of amides is 4. The third-order valence-corrected chi connectivity index (χ3v) is 5.96. The Morgan fingerprint density at radius 1 is 1.07 bits per heavy atom. The van der Waals surface area contributed by atoms with Crippen LogP contribution in [0.15, 0.2) is 44.9 Å². The molecule has 2 aromatic rings. The lowest BCUT2D eigenvalue weighted by atomic mass is 10.1. The summed E-state index contributed by atoms with van der Waals surface area (Å²) in [6.07, 6.45) is 2.24. The Labute approximate surface area is 199 Å². The van der Waals surface area contributed by atoms with Gasteiger partial charge in [-0.25, -0.2) is 9.69 Å². The summed E-state index contributed by atoms with van der Waals surface area (Å²) in [5.74, 6) is -0.952. The molecule has 0 bridgehead atoms. The van der Waals surface area contributed by atoms with Crippen molar-refractivity contribution < 1.29 is 19.1 Å². The summed E-state index contributed by atoms with van der Waals surface area (Å²) in [6.45, 7) is 2.54. The van der Waals surface area contributed by atoms with E-state index in [1.165, 1.54) is 24.3 Å². The van der Waals surface area contributed by atoms with Crippen LogP contribution < -0.4 is 15.0 Å². The Kier molecular flexibility index (Phi) is 7.23. The first kappa shape index (κ1) is 22.8. The number of benzene rings is 2. The molecule has 2 aromatic carbocycles. The van der Waals surface area contributed by atoms with Crippen LogP contribution in [0.3, 0.4) is 0 Å². The Morgan fingerprint density at radius 3 is 2.33 bits per heavy atom. The van der Waals surface area contributed by atoms with Crippen molar-refractivity contribution in [3.05, 3.63) is 60.5 Å². The van der Waals surface area contributed by atoms with Gasteiger partial charge in [-0.2, -0.15) is 0 Å². The van der Waals surface area contributed by atoms with Gasteiger partial charge in [-0.1, -0.05) is 30.1 Å². The predicted molar refractivity (Wildman–Crippen MR) is 123 cm³/mol. The second-order valence-corrected chi connectivity index (χ2v) is 8.74. The maximum atomic E-state index is 13.0. The Morgan fingerprint density at radius 2 is 1.73 bits per heavy atom. The van der Waals surface area contributed by atoms with Gasteiger partial charge in [-0.15, -0.1) is 0 Å². The maximum absolute atomic E-state index is 13.0. The van der Waals surface area contributed by atoms with Gasteiger partial charge in [-0.3, -0.25) is 14.9 Å². The van der Waals surface area contributed by atoms with Crippen LogP contribution >= 0.6 is 55.1 Å². The lowest BCUT2D eigenvalue weighted by molar-refractivity contribution is -0.122. The summed E-state index contributed by atoms with van der Waals surface area (Å²) in [6, 6.07) is 6.86. The SMILES string of the molecule is CCCOc1c(Br)cc(/C=C2\C(=O)NC(=O)N(c3ccc(Cl)c(Cl)c3)C2=O)cc1Br. The Balaban J connectivity index is 1.99. The van der Waals surface area contributed by atoms with Crippen LogP contribution in [0.25, 0.3) is 6.08 Å². The molecule has 0 aliphatic carbocycles. The molecule has 1 N–H and O–H groups in total. The molecule has 3 rings (SSSR count). The van der Waals surface area contributed by atoms with Crippen LogP contribution in [0.2, 0.25) is 10.0 Å². The minimum atomic E-state index is -0.869. The number of hydrogen-bond acceptors (Lipinski definition) is 4. The third kappa shape index (κ3) is 4.72. The number of imide groups is 2. The summed E-state index contributed by atoms with van der Waals surface area (Å²) < 4.78 is 6.98. The number of carbonyl (C=O) groups is 3. The van der Waals surface area contributed by atoms with Crippen LogP contribution in [0.5, 0.6) is 5.75 Å². The van der Waals surface area contributed by atoms with Crippen LogP contribution in [-0.4, -0.2) is 24.5 Å². The average Bonchev–Trinajstić information content (AvgIpc) is 2.67. The fourth-order valence-corrected chi connectivity index (χ4v) is 4.43. The van der Waals surface area contributed by atoms with Crippen LogP contribution in [0.4, 0.5) is 10.5 Å². The first-order valence-corrected chi connectivity index (χ1v) is 11.1. The van der Waals surface area contributed by atoms with E-state index in [1.807, 2.05) is 6.92 Å². The molecule has 0 unspecified atom stereocenters. The van der Waals surface area contributed by atoms with Crippen molar-refractivity contribution in [3.8, 4) is 5.75 Å². The number of nitrogens with zero attached hydrogens (tertiary/aromatic N) is 1. The highest BCUT2D eigenvalue weighted by Gasteiger charge is 2.37. The molecule has 1 heterocycles. The van der Waals surface area contributed by atoms with Crippen LogP contribution in [0, 0.1) is 0 Å². The van der Waals surface area contributed by atoms with Gasteiger partial charge in [-0.05, 0) is 80.3 Å². The van der Waals surface area contributed by atoms with E-state index >= 15 is 0 Å². The van der Waals surface area contributed by atoms with E-state index in [-0.39, 0.29) is 21.3 Å². The quantitative estimate of drug-likeness (QED) is 0.351. The Hall–Kier alpha value is -1.87. The van der Waals surface area contributed by atoms with E-state index in [4.69, 9.17) is 27.9 Å². The molecule has 4 amide bonds. The molecule has 1 saturated heterocycles. The van der Waals surface area contributed by atoms with E-state index < -0.39 is 17.8 Å². The summed E-state index contributed by atoms with van der Waals surface area (Å²) in [7, 11) is 0. The number of ether oxygens (including phenoxy) is 1. The van der Waals surface area contributed by atoms with Gasteiger partial charge < -0.3 is 4.74 Å². The van der Waals surface area contributed by atoms with Gasteiger partial charge in [0, 0.05) is 0 Å². The summed E-state index contributed by atoms with van der Waals surface area (Å²) in [4.78, 5) is 38.5. The molecule has 1 aliphatic rings. The number of hydrogen-bond donors (Lipinski definition) is 1. The van der Waals surface area contributed by atoms with Crippen molar-refractivity contribution in [2.24, 2.45) is 0 Å². The van der Waals surface area contributed by atoms with Crippen molar-refractivity contribution >= 4 is 84.7 Å². The number of halogens is 4. The molecule has 10 heteroatoms. The molecule has 1 aliphatic heterocycles. The van der Waals surface area contributed by atoms with Gasteiger partial charge in [0.25, 0.3) is 11.8 Å². The molecule has 6 nitrogen and oxygen atoms in total. The molecule has 0 spiro atoms. The average molecular weight is 577 g/mol. The zero-order valence-electron chi connectivity index (χ0n) is 15.5. The number of rotatable bonds is 5. The molecule has 0 radical (unpaired) electrons.